The van der Waals surface area contributed by atoms with Crippen LogP contribution in [0.3, 0.4) is 0 Å². The highest BCUT2D eigenvalue weighted by atomic mass is 32.2. The first-order valence-corrected chi connectivity index (χ1v) is 15.0. The maximum atomic E-state index is 13.4. The van der Waals surface area contributed by atoms with Gasteiger partial charge in [-0.05, 0) is 35.7 Å². The fourth-order valence-electron chi connectivity index (χ4n) is 3.55. The zero-order valence-corrected chi connectivity index (χ0v) is 23.0. The molecule has 0 amide bonds. The number of nitrogens with zero attached hydrogens (tertiary/aromatic N) is 5. The van der Waals surface area contributed by atoms with Gasteiger partial charge < -0.3 is 20.9 Å². The van der Waals surface area contributed by atoms with Gasteiger partial charge >= 0.3 is 6.08 Å². The summed E-state index contributed by atoms with van der Waals surface area (Å²) >= 11 is 0. The number of nitrogen functional groups attached to an aromatic ring is 1. The van der Waals surface area contributed by atoms with Gasteiger partial charge in [0.2, 0.25) is 11.9 Å². The van der Waals surface area contributed by atoms with Crippen LogP contribution in [-0.4, -0.2) is 66.1 Å². The van der Waals surface area contributed by atoms with Gasteiger partial charge in [0.1, 0.15) is 31.8 Å². The third-order valence-electron chi connectivity index (χ3n) is 5.27. The molecule has 222 valence electrons. The van der Waals surface area contributed by atoms with Crippen molar-refractivity contribution in [3.63, 3.8) is 0 Å². The number of aromatic nitrogens is 3. The average Bonchev–Trinajstić information content (AvgIpc) is 2.85. The Morgan fingerprint density at radius 3 is 2.07 bits per heavy atom. The molecule has 4 rings (SSSR count). The first kappa shape index (κ1) is 30.4. The number of fused-ring (bicyclic) bond motifs is 1. The van der Waals surface area contributed by atoms with Crippen molar-refractivity contribution in [2.45, 2.75) is 14.7 Å². The minimum absolute atomic E-state index is 0.0386. The second kappa shape index (κ2) is 10.7. The van der Waals surface area contributed by atoms with Crippen LogP contribution in [-0.2, 0) is 30.4 Å². The van der Waals surface area contributed by atoms with E-state index in [2.05, 4.69) is 30.5 Å². The van der Waals surface area contributed by atoms with E-state index in [0.29, 0.717) is 12.1 Å². The lowest BCUT2D eigenvalue weighted by atomic mass is 10.1. The van der Waals surface area contributed by atoms with Crippen LogP contribution in [0.4, 0.5) is 33.3 Å². The molecule has 0 saturated carbocycles. The smallest absolute Gasteiger partial charge is 0.315 e. The van der Waals surface area contributed by atoms with E-state index in [1.807, 2.05) is 0 Å². The Labute approximate surface area is 235 Å². The standard InChI is InChI=1S/C20H16FN7O11S3/c1-39-12-7-13(40(30,31)32)11(6-14(12)41(33,34)35)27-28-16-15(42(36,37)38)5-8-4-9(2-3-10(8)17(16)29)23-20-25-18(21)24-19(22)26-20/h2-7,29H,1H3,(H,30,31,32)(H,33,34,35)(H,36,37,38)(H3,22,23,24,25,26). The Morgan fingerprint density at radius 2 is 1.50 bits per heavy atom. The van der Waals surface area contributed by atoms with Crippen LogP contribution in [0.2, 0.25) is 0 Å². The summed E-state index contributed by atoms with van der Waals surface area (Å²) in [6.07, 6.45) is -1.19. The van der Waals surface area contributed by atoms with Crippen molar-refractivity contribution in [3.05, 3.63) is 42.5 Å². The molecular weight excluding hydrogens is 629 g/mol. The number of methoxy groups -OCH3 is 1. The molecule has 22 heteroatoms. The van der Waals surface area contributed by atoms with Crippen molar-refractivity contribution in [1.29, 1.82) is 0 Å². The topological polar surface area (TPSA) is 294 Å². The number of hydrogen-bond donors (Lipinski definition) is 6. The lowest BCUT2D eigenvalue weighted by Crippen LogP contribution is -2.05. The highest BCUT2D eigenvalue weighted by molar-refractivity contribution is 7.86. The third kappa shape index (κ3) is 6.32. The fraction of sp³-hybridized carbons (Fsp3) is 0.0500. The summed E-state index contributed by atoms with van der Waals surface area (Å²) in [5, 5.41) is 20.3. The number of nitrogens with two attached hydrogens (primary N) is 1. The summed E-state index contributed by atoms with van der Waals surface area (Å²) in [6, 6.07) is 5.56. The van der Waals surface area contributed by atoms with E-state index >= 15 is 0 Å². The van der Waals surface area contributed by atoms with E-state index in [-0.39, 0.29) is 22.4 Å². The van der Waals surface area contributed by atoms with Gasteiger partial charge in [0.15, 0.2) is 5.75 Å². The number of halogens is 1. The van der Waals surface area contributed by atoms with Crippen LogP contribution >= 0.6 is 0 Å². The first-order chi connectivity index (χ1) is 19.4. The maximum Gasteiger partial charge on any atom is 0.315 e. The van der Waals surface area contributed by atoms with E-state index in [4.69, 9.17) is 10.5 Å². The minimum atomic E-state index is -5.17. The number of benzene rings is 3. The molecule has 0 spiro atoms. The molecule has 0 unspecified atom stereocenters. The van der Waals surface area contributed by atoms with Gasteiger partial charge in [0.05, 0.1) is 7.11 Å². The molecule has 1 heterocycles. The van der Waals surface area contributed by atoms with Gasteiger partial charge in [-0.15, -0.1) is 10.2 Å². The number of nitrogens with one attached hydrogen (secondary N) is 1. The number of ether oxygens (including phenoxy) is 1. The molecule has 0 aliphatic carbocycles. The van der Waals surface area contributed by atoms with Gasteiger partial charge in [-0.2, -0.15) is 44.6 Å². The third-order valence-corrected chi connectivity index (χ3v) is 7.89. The summed E-state index contributed by atoms with van der Waals surface area (Å²) in [7, 11) is -14.4. The van der Waals surface area contributed by atoms with Crippen LogP contribution < -0.4 is 15.8 Å². The molecule has 7 N–H and O–H groups in total. The molecule has 0 bridgehead atoms. The molecule has 3 aromatic carbocycles. The molecule has 42 heavy (non-hydrogen) atoms. The van der Waals surface area contributed by atoms with Crippen molar-refractivity contribution >= 4 is 70.1 Å². The van der Waals surface area contributed by atoms with Crippen molar-refractivity contribution in [2.75, 3.05) is 18.2 Å². The van der Waals surface area contributed by atoms with Gasteiger partial charge in [-0.3, -0.25) is 13.7 Å². The highest BCUT2D eigenvalue weighted by Crippen LogP contribution is 2.43. The second-order valence-corrected chi connectivity index (χ2v) is 12.2. The number of anilines is 3. The predicted octanol–water partition coefficient (Wildman–Crippen LogP) is 2.36. The van der Waals surface area contributed by atoms with Gasteiger partial charge in [0.25, 0.3) is 30.4 Å². The van der Waals surface area contributed by atoms with E-state index in [1.165, 1.54) is 18.2 Å². The SMILES string of the molecule is COc1cc(S(=O)(=O)O)c(N=Nc2c(S(=O)(=O)O)cc3cc(Nc4nc(N)nc(F)n4)ccc3c2O)cc1S(=O)(=O)O. The number of hydrogen-bond acceptors (Lipinski definition) is 15. The van der Waals surface area contributed by atoms with Crippen LogP contribution in [0.1, 0.15) is 0 Å². The zero-order valence-electron chi connectivity index (χ0n) is 20.5. The summed E-state index contributed by atoms with van der Waals surface area (Å²) < 4.78 is 119. The second-order valence-electron chi connectivity index (χ2n) is 8.02. The Bertz CT molecular complexity index is 2110. The molecule has 0 atom stereocenters. The summed E-state index contributed by atoms with van der Waals surface area (Å²) in [5.74, 6) is -2.36. The zero-order chi connectivity index (χ0) is 31.2. The van der Waals surface area contributed by atoms with Crippen molar-refractivity contribution < 1.29 is 53.1 Å². The molecular formula is C20H16FN7O11S3. The van der Waals surface area contributed by atoms with E-state index in [1.54, 1.807) is 0 Å². The lowest BCUT2D eigenvalue weighted by molar-refractivity contribution is 0.395. The average molecular weight is 646 g/mol. The van der Waals surface area contributed by atoms with Crippen molar-refractivity contribution in [2.24, 2.45) is 10.2 Å². The molecule has 0 radical (unpaired) electrons. The molecule has 4 aromatic rings. The molecule has 0 fully saturated rings. The predicted molar refractivity (Wildman–Crippen MR) is 140 cm³/mol. The summed E-state index contributed by atoms with van der Waals surface area (Å²) in [6.45, 7) is 0. The van der Waals surface area contributed by atoms with Crippen LogP contribution in [0, 0.1) is 6.08 Å². The monoisotopic (exact) mass is 645 g/mol. The van der Waals surface area contributed by atoms with E-state index < -0.39 is 79.9 Å². The number of azo groups is 1. The van der Waals surface area contributed by atoms with E-state index in [0.717, 1.165) is 13.2 Å². The van der Waals surface area contributed by atoms with Gasteiger partial charge in [-0.25, -0.2) is 0 Å². The molecule has 0 aliphatic rings. The Balaban J connectivity index is 1.91. The van der Waals surface area contributed by atoms with Crippen molar-refractivity contribution in [1.82, 2.24) is 15.0 Å². The lowest BCUT2D eigenvalue weighted by Gasteiger charge is -2.12. The molecule has 0 saturated heterocycles. The van der Waals surface area contributed by atoms with Crippen molar-refractivity contribution in [3.8, 4) is 11.5 Å². The van der Waals surface area contributed by atoms with E-state index in [9.17, 15) is 48.4 Å². The normalized spacial score (nSPS) is 12.6. The summed E-state index contributed by atoms with van der Waals surface area (Å²) in [4.78, 5) is 7.13. The Kier molecular flexibility index (Phi) is 7.70. The van der Waals surface area contributed by atoms with Crippen LogP contribution in [0.25, 0.3) is 10.8 Å². The molecule has 1 aromatic heterocycles. The van der Waals surface area contributed by atoms with Crippen LogP contribution in [0.5, 0.6) is 11.5 Å². The highest BCUT2D eigenvalue weighted by Gasteiger charge is 2.26. The van der Waals surface area contributed by atoms with Crippen LogP contribution in [0.15, 0.2) is 61.3 Å². The largest absolute Gasteiger partial charge is 0.505 e. The van der Waals surface area contributed by atoms with Gasteiger partial charge in [-0.1, -0.05) is 0 Å². The molecule has 18 nitrogen and oxygen atoms in total. The first-order valence-electron chi connectivity index (χ1n) is 10.7. The number of phenols is 1. The quantitative estimate of drug-likeness (QED) is 0.118. The number of aromatic hydroxyl groups is 1. The number of rotatable bonds is 8. The number of phenolic OH excluding ortho intramolecular Hbond substituents is 1. The minimum Gasteiger partial charge on any atom is -0.505 e. The summed E-state index contributed by atoms with van der Waals surface area (Å²) in [5.41, 5.74) is 3.64. The fourth-order valence-corrected chi connectivity index (χ4v) is 5.49. The van der Waals surface area contributed by atoms with Gasteiger partial charge in [0, 0.05) is 17.1 Å². The maximum absolute atomic E-state index is 13.4. The molecule has 0 aliphatic heterocycles. The Hall–Kier alpha value is -4.61. The Morgan fingerprint density at radius 1 is 0.857 bits per heavy atom.